The van der Waals surface area contributed by atoms with E-state index in [2.05, 4.69) is 5.32 Å². The Morgan fingerprint density at radius 2 is 2.19 bits per heavy atom. The topological polar surface area (TPSA) is 58.4 Å². The first-order chi connectivity index (χ1) is 7.50. The fourth-order valence-electron chi connectivity index (χ4n) is 1.22. The molecule has 0 atom stereocenters. The molecule has 1 aromatic carbocycles. The summed E-state index contributed by atoms with van der Waals surface area (Å²) in [6.07, 6.45) is 0. The molecule has 1 rings (SSSR count). The second-order valence-electron chi connectivity index (χ2n) is 3.65. The quantitative estimate of drug-likeness (QED) is 0.614. The highest BCUT2D eigenvalue weighted by molar-refractivity contribution is 5.61. The first-order valence-electron chi connectivity index (χ1n) is 4.83. The zero-order valence-corrected chi connectivity index (χ0v) is 9.24. The van der Waals surface area contributed by atoms with Gasteiger partial charge >= 0.3 is 0 Å². The van der Waals surface area contributed by atoms with Gasteiger partial charge in [0.05, 0.1) is 11.0 Å². The largest absolute Gasteiger partial charge is 0.378 e. The number of hydrogen-bond donors (Lipinski definition) is 1. The molecular formula is C10H14FN3O2. The molecule has 16 heavy (non-hydrogen) atoms. The van der Waals surface area contributed by atoms with Crippen molar-refractivity contribution < 1.29 is 9.31 Å². The van der Waals surface area contributed by atoms with Gasteiger partial charge < -0.3 is 10.2 Å². The number of anilines is 1. The molecule has 0 fully saturated rings. The van der Waals surface area contributed by atoms with Crippen molar-refractivity contribution in [3.05, 3.63) is 34.1 Å². The van der Waals surface area contributed by atoms with Crippen molar-refractivity contribution in [1.82, 2.24) is 4.90 Å². The van der Waals surface area contributed by atoms with Crippen LogP contribution in [0.4, 0.5) is 15.8 Å². The normalized spacial score (nSPS) is 10.5. The van der Waals surface area contributed by atoms with E-state index < -0.39 is 10.7 Å². The smallest absolute Gasteiger partial charge is 0.295 e. The highest BCUT2D eigenvalue weighted by Crippen LogP contribution is 2.24. The van der Waals surface area contributed by atoms with Gasteiger partial charge in [-0.1, -0.05) is 0 Å². The van der Waals surface area contributed by atoms with E-state index in [1.54, 1.807) is 0 Å². The number of nitro benzene ring substituents is 1. The Balaban J connectivity index is 2.75. The number of nitrogens with one attached hydrogen (secondary N) is 1. The van der Waals surface area contributed by atoms with Gasteiger partial charge in [-0.3, -0.25) is 10.1 Å². The lowest BCUT2D eigenvalue weighted by molar-refractivity contribution is -0.384. The molecule has 0 aliphatic heterocycles. The first-order valence-corrected chi connectivity index (χ1v) is 4.83. The Morgan fingerprint density at radius 3 is 2.75 bits per heavy atom. The van der Waals surface area contributed by atoms with E-state index >= 15 is 0 Å². The van der Waals surface area contributed by atoms with Crippen LogP contribution in [0.2, 0.25) is 0 Å². The molecule has 0 unspecified atom stereocenters. The molecule has 0 spiro atoms. The number of nitro groups is 1. The maximum absolute atomic E-state index is 12.8. The van der Waals surface area contributed by atoms with Crippen molar-refractivity contribution in [2.75, 3.05) is 32.5 Å². The molecule has 0 bridgehead atoms. The summed E-state index contributed by atoms with van der Waals surface area (Å²) in [5.41, 5.74) is 0.104. The minimum atomic E-state index is -0.607. The van der Waals surface area contributed by atoms with Gasteiger partial charge in [0.1, 0.15) is 11.5 Å². The van der Waals surface area contributed by atoms with E-state index in [0.29, 0.717) is 12.2 Å². The third-order valence-corrected chi connectivity index (χ3v) is 2.03. The molecule has 6 heteroatoms. The second kappa shape index (κ2) is 5.41. The predicted octanol–water partition coefficient (Wildman–Crippen LogP) is 1.71. The van der Waals surface area contributed by atoms with Crippen molar-refractivity contribution >= 4 is 11.4 Å². The van der Waals surface area contributed by atoms with Crippen LogP contribution in [0, 0.1) is 15.9 Å². The van der Waals surface area contributed by atoms with E-state index in [1.165, 1.54) is 12.1 Å². The van der Waals surface area contributed by atoms with Crippen LogP contribution in [0.25, 0.3) is 0 Å². The minimum absolute atomic E-state index is 0.237. The molecule has 0 saturated heterocycles. The summed E-state index contributed by atoms with van der Waals surface area (Å²) in [5, 5.41) is 13.6. The van der Waals surface area contributed by atoms with Crippen molar-refractivity contribution in [3.63, 3.8) is 0 Å². The molecule has 5 nitrogen and oxygen atoms in total. The molecule has 1 N–H and O–H groups in total. The molecule has 0 aromatic heterocycles. The predicted molar refractivity (Wildman–Crippen MR) is 60.1 cm³/mol. The molecule has 0 aliphatic carbocycles. The summed E-state index contributed by atoms with van der Waals surface area (Å²) in [6.45, 7) is 1.31. The van der Waals surface area contributed by atoms with Gasteiger partial charge in [-0.15, -0.1) is 0 Å². The molecule has 0 amide bonds. The van der Waals surface area contributed by atoms with Gasteiger partial charge in [0.15, 0.2) is 0 Å². The van der Waals surface area contributed by atoms with Gasteiger partial charge in [-0.05, 0) is 26.2 Å². The lowest BCUT2D eigenvalue weighted by Gasteiger charge is -2.11. The van der Waals surface area contributed by atoms with Gasteiger partial charge in [-0.2, -0.15) is 0 Å². The van der Waals surface area contributed by atoms with Crippen LogP contribution in [0.3, 0.4) is 0 Å². The van der Waals surface area contributed by atoms with E-state index in [0.717, 1.165) is 12.6 Å². The second-order valence-corrected chi connectivity index (χ2v) is 3.65. The maximum atomic E-state index is 12.8. The van der Waals surface area contributed by atoms with Gasteiger partial charge in [0.25, 0.3) is 5.69 Å². The molecule has 0 radical (unpaired) electrons. The van der Waals surface area contributed by atoms with Crippen LogP contribution in [-0.2, 0) is 0 Å². The molecule has 0 aliphatic rings. The first kappa shape index (κ1) is 12.4. The van der Waals surface area contributed by atoms with Crippen LogP contribution < -0.4 is 5.32 Å². The van der Waals surface area contributed by atoms with Crippen LogP contribution in [0.1, 0.15) is 0 Å². The zero-order chi connectivity index (χ0) is 12.1. The lowest BCUT2D eigenvalue weighted by Crippen LogP contribution is -2.21. The number of halogens is 1. The highest BCUT2D eigenvalue weighted by Gasteiger charge is 2.14. The number of hydrogen-bond acceptors (Lipinski definition) is 4. The summed E-state index contributed by atoms with van der Waals surface area (Å²) < 4.78 is 12.8. The zero-order valence-electron chi connectivity index (χ0n) is 9.24. The Kier molecular flexibility index (Phi) is 4.19. The minimum Gasteiger partial charge on any atom is -0.378 e. The summed E-state index contributed by atoms with van der Waals surface area (Å²) in [6, 6.07) is 3.49. The fraction of sp³-hybridized carbons (Fsp3) is 0.400. The average Bonchev–Trinajstić information content (AvgIpc) is 2.19. The van der Waals surface area contributed by atoms with E-state index in [9.17, 15) is 14.5 Å². The third-order valence-electron chi connectivity index (χ3n) is 2.03. The summed E-state index contributed by atoms with van der Waals surface area (Å²) >= 11 is 0. The van der Waals surface area contributed by atoms with E-state index in [1.807, 2.05) is 19.0 Å². The molecule has 88 valence electrons. The fourth-order valence-corrected chi connectivity index (χ4v) is 1.22. The van der Waals surface area contributed by atoms with Crippen LogP contribution in [0.5, 0.6) is 0 Å². The van der Waals surface area contributed by atoms with E-state index in [4.69, 9.17) is 0 Å². The van der Waals surface area contributed by atoms with Crippen LogP contribution in [-0.4, -0.2) is 37.0 Å². The third kappa shape index (κ3) is 3.47. The Bertz CT molecular complexity index is 382. The molecular weight excluding hydrogens is 213 g/mol. The summed E-state index contributed by atoms with van der Waals surface area (Å²) in [4.78, 5) is 12.0. The number of likely N-dealkylation sites (N-methyl/N-ethyl adjacent to an activating group) is 1. The molecule has 1 aromatic rings. The Labute approximate surface area is 93.0 Å². The number of rotatable bonds is 5. The maximum Gasteiger partial charge on any atom is 0.295 e. The van der Waals surface area contributed by atoms with Crippen molar-refractivity contribution in [3.8, 4) is 0 Å². The van der Waals surface area contributed by atoms with Crippen molar-refractivity contribution in [2.45, 2.75) is 0 Å². The summed E-state index contributed by atoms with van der Waals surface area (Å²) in [5.74, 6) is -0.607. The number of nitrogens with zero attached hydrogens (tertiary/aromatic N) is 2. The van der Waals surface area contributed by atoms with E-state index in [-0.39, 0.29) is 5.69 Å². The Morgan fingerprint density at radius 1 is 1.50 bits per heavy atom. The van der Waals surface area contributed by atoms with Crippen LogP contribution >= 0.6 is 0 Å². The monoisotopic (exact) mass is 227 g/mol. The van der Waals surface area contributed by atoms with Crippen LogP contribution in [0.15, 0.2) is 18.2 Å². The van der Waals surface area contributed by atoms with Gasteiger partial charge in [0, 0.05) is 13.1 Å². The number of benzene rings is 1. The van der Waals surface area contributed by atoms with Gasteiger partial charge in [-0.25, -0.2) is 4.39 Å². The molecule has 0 heterocycles. The standard InChI is InChI=1S/C10H14FN3O2/c1-13(2)6-5-12-9-4-3-8(11)7-10(9)14(15)16/h3-4,7,12H,5-6H2,1-2H3. The molecule has 0 saturated carbocycles. The Hall–Kier alpha value is -1.69. The van der Waals surface area contributed by atoms with Crippen molar-refractivity contribution in [1.29, 1.82) is 0 Å². The van der Waals surface area contributed by atoms with Gasteiger partial charge in [0.2, 0.25) is 0 Å². The average molecular weight is 227 g/mol. The summed E-state index contributed by atoms with van der Waals surface area (Å²) in [7, 11) is 3.81. The lowest BCUT2D eigenvalue weighted by atomic mass is 10.2. The van der Waals surface area contributed by atoms with Crippen molar-refractivity contribution in [2.24, 2.45) is 0 Å². The highest BCUT2D eigenvalue weighted by atomic mass is 19.1. The SMILES string of the molecule is CN(C)CCNc1ccc(F)cc1[N+](=O)[O-].